The fourth-order valence-corrected chi connectivity index (χ4v) is 3.35. The number of carbonyl (C=O) groups excluding carboxylic acids is 1. The molecule has 152 valence electrons. The van der Waals surface area contributed by atoms with Gasteiger partial charge in [0, 0.05) is 43.2 Å². The van der Waals surface area contributed by atoms with E-state index in [2.05, 4.69) is 28.6 Å². The van der Waals surface area contributed by atoms with Crippen LogP contribution < -0.4 is 10.6 Å². The van der Waals surface area contributed by atoms with E-state index in [1.165, 1.54) is 5.56 Å². The minimum Gasteiger partial charge on any atom is -0.357 e. The number of halogens is 2. The fourth-order valence-electron chi connectivity index (χ4n) is 3.12. The van der Waals surface area contributed by atoms with Crippen LogP contribution in [0.1, 0.15) is 39.2 Å². The van der Waals surface area contributed by atoms with Crippen LogP contribution in [0.4, 0.5) is 0 Å². The van der Waals surface area contributed by atoms with Crippen molar-refractivity contribution in [1.82, 2.24) is 15.5 Å². The van der Waals surface area contributed by atoms with Crippen LogP contribution in [0.25, 0.3) is 0 Å². The number of nitrogens with one attached hydrogen (secondary N) is 2. The highest BCUT2D eigenvalue weighted by Crippen LogP contribution is 2.16. The van der Waals surface area contributed by atoms with Gasteiger partial charge in [0.1, 0.15) is 0 Å². The van der Waals surface area contributed by atoms with Crippen molar-refractivity contribution < 1.29 is 4.79 Å². The summed E-state index contributed by atoms with van der Waals surface area (Å²) < 4.78 is 0. The number of aryl methyl sites for hydroxylation is 1. The minimum atomic E-state index is 0. The normalized spacial score (nSPS) is 17.0. The molecule has 1 aliphatic heterocycles. The van der Waals surface area contributed by atoms with Crippen molar-refractivity contribution in [3.8, 4) is 0 Å². The number of guanidine groups is 1. The fraction of sp³-hybridized carbons (Fsp3) is 0.600. The predicted octanol–water partition coefficient (Wildman–Crippen LogP) is 3.70. The van der Waals surface area contributed by atoms with Gasteiger partial charge in [-0.3, -0.25) is 9.79 Å². The molecular formula is C20H32ClIN4O. The van der Waals surface area contributed by atoms with Gasteiger partial charge in [-0.2, -0.15) is 0 Å². The van der Waals surface area contributed by atoms with Gasteiger partial charge >= 0.3 is 0 Å². The standard InChI is InChI=1S/C20H31ClN4O.HI/c1-4-22-20(23-12-7-9-16-8-5-6-10-18(16)21)24-17-11-13-25(14-17)19(26)15(2)3;/h5-6,8,10,15,17H,4,7,9,11-14H2,1-3H3,(H2,22,23,24);1H. The second kappa shape index (κ2) is 12.4. The third kappa shape index (κ3) is 7.86. The molecule has 2 N–H and O–H groups in total. The molecule has 1 aromatic rings. The largest absolute Gasteiger partial charge is 0.357 e. The number of hydrogen-bond acceptors (Lipinski definition) is 2. The van der Waals surface area contributed by atoms with E-state index < -0.39 is 0 Å². The molecule has 1 saturated heterocycles. The van der Waals surface area contributed by atoms with Gasteiger partial charge in [-0.15, -0.1) is 24.0 Å². The third-order valence-electron chi connectivity index (χ3n) is 4.51. The molecule has 27 heavy (non-hydrogen) atoms. The molecule has 1 aliphatic rings. The lowest BCUT2D eigenvalue weighted by atomic mass is 10.1. The van der Waals surface area contributed by atoms with Gasteiger partial charge < -0.3 is 15.5 Å². The highest BCUT2D eigenvalue weighted by Gasteiger charge is 2.27. The zero-order valence-corrected chi connectivity index (χ0v) is 19.6. The first-order chi connectivity index (χ1) is 12.5. The van der Waals surface area contributed by atoms with Crippen molar-refractivity contribution in [2.45, 2.75) is 46.1 Å². The smallest absolute Gasteiger partial charge is 0.225 e. The van der Waals surface area contributed by atoms with Crippen molar-refractivity contribution in [2.24, 2.45) is 10.9 Å². The van der Waals surface area contributed by atoms with Crippen LogP contribution in [0.2, 0.25) is 5.02 Å². The maximum absolute atomic E-state index is 12.1. The summed E-state index contributed by atoms with van der Waals surface area (Å²) in [7, 11) is 0. The van der Waals surface area contributed by atoms with Crippen molar-refractivity contribution in [2.75, 3.05) is 26.2 Å². The second-order valence-corrected chi connectivity index (χ2v) is 7.43. The van der Waals surface area contributed by atoms with Crippen molar-refractivity contribution >= 4 is 47.4 Å². The van der Waals surface area contributed by atoms with Crippen molar-refractivity contribution in [3.05, 3.63) is 34.9 Å². The maximum Gasteiger partial charge on any atom is 0.225 e. The SMILES string of the molecule is CCNC(=NCCCc1ccccc1Cl)NC1CCN(C(=O)C(C)C)C1.I. The summed E-state index contributed by atoms with van der Waals surface area (Å²) in [4.78, 5) is 18.7. The number of nitrogens with zero attached hydrogens (tertiary/aromatic N) is 2. The predicted molar refractivity (Wildman–Crippen MR) is 124 cm³/mol. The molecule has 7 heteroatoms. The molecule has 1 aromatic carbocycles. The van der Waals surface area contributed by atoms with E-state index >= 15 is 0 Å². The van der Waals surface area contributed by atoms with E-state index in [4.69, 9.17) is 11.6 Å². The average molecular weight is 507 g/mol. The Balaban J connectivity index is 0.00000364. The number of hydrogen-bond donors (Lipinski definition) is 2. The molecule has 1 fully saturated rings. The number of benzene rings is 1. The summed E-state index contributed by atoms with van der Waals surface area (Å²) in [6, 6.07) is 8.22. The van der Waals surface area contributed by atoms with E-state index in [0.29, 0.717) is 0 Å². The van der Waals surface area contributed by atoms with Crippen LogP contribution >= 0.6 is 35.6 Å². The summed E-state index contributed by atoms with van der Waals surface area (Å²) in [6.07, 6.45) is 2.83. The zero-order chi connectivity index (χ0) is 18.9. The summed E-state index contributed by atoms with van der Waals surface area (Å²) in [6.45, 7) is 9.09. The van der Waals surface area contributed by atoms with Gasteiger partial charge in [-0.25, -0.2) is 0 Å². The number of amides is 1. The lowest BCUT2D eigenvalue weighted by Crippen LogP contribution is -2.45. The molecule has 1 heterocycles. The van der Waals surface area contributed by atoms with Crippen LogP contribution in [0, 0.1) is 5.92 Å². The Bertz CT molecular complexity index is 624. The van der Waals surface area contributed by atoms with Crippen LogP contribution in [-0.2, 0) is 11.2 Å². The van der Waals surface area contributed by atoms with Gasteiger partial charge in [0.05, 0.1) is 0 Å². The molecule has 2 rings (SSSR count). The molecule has 1 atom stereocenters. The van der Waals surface area contributed by atoms with Crippen molar-refractivity contribution in [1.29, 1.82) is 0 Å². The highest BCUT2D eigenvalue weighted by atomic mass is 127. The first-order valence-corrected chi connectivity index (χ1v) is 9.96. The second-order valence-electron chi connectivity index (χ2n) is 7.02. The summed E-state index contributed by atoms with van der Waals surface area (Å²) >= 11 is 6.20. The topological polar surface area (TPSA) is 56.7 Å². The van der Waals surface area contributed by atoms with Crippen LogP contribution in [0.15, 0.2) is 29.3 Å². The Morgan fingerprint density at radius 2 is 2.11 bits per heavy atom. The average Bonchev–Trinajstić information content (AvgIpc) is 3.07. The monoisotopic (exact) mass is 506 g/mol. The molecular weight excluding hydrogens is 475 g/mol. The summed E-state index contributed by atoms with van der Waals surface area (Å²) in [5.41, 5.74) is 1.17. The quantitative estimate of drug-likeness (QED) is 0.257. The molecule has 0 aromatic heterocycles. The van der Waals surface area contributed by atoms with Gasteiger partial charge in [-0.05, 0) is 37.8 Å². The van der Waals surface area contributed by atoms with Gasteiger partial charge in [0.25, 0.3) is 0 Å². The van der Waals surface area contributed by atoms with Crippen LogP contribution in [-0.4, -0.2) is 49.0 Å². The Morgan fingerprint density at radius 3 is 2.78 bits per heavy atom. The number of rotatable bonds is 7. The highest BCUT2D eigenvalue weighted by molar-refractivity contribution is 14.0. The van der Waals surface area contributed by atoms with Crippen molar-refractivity contribution in [3.63, 3.8) is 0 Å². The van der Waals surface area contributed by atoms with E-state index in [1.807, 2.05) is 36.9 Å². The van der Waals surface area contributed by atoms with E-state index in [1.54, 1.807) is 0 Å². The van der Waals surface area contributed by atoms with Crippen LogP contribution in [0.5, 0.6) is 0 Å². The van der Waals surface area contributed by atoms with Gasteiger partial charge in [0.2, 0.25) is 5.91 Å². The Hall–Kier alpha value is -1.02. The third-order valence-corrected chi connectivity index (χ3v) is 4.88. The maximum atomic E-state index is 12.1. The molecule has 0 aliphatic carbocycles. The van der Waals surface area contributed by atoms with Gasteiger partial charge in [0.15, 0.2) is 5.96 Å². The molecule has 0 spiro atoms. The minimum absolute atomic E-state index is 0. The van der Waals surface area contributed by atoms with Crippen LogP contribution in [0.3, 0.4) is 0 Å². The first kappa shape index (κ1) is 24.0. The molecule has 0 radical (unpaired) electrons. The van der Waals surface area contributed by atoms with E-state index in [0.717, 1.165) is 56.4 Å². The Kier molecular flexibility index (Phi) is 11.1. The number of likely N-dealkylation sites (tertiary alicyclic amines) is 1. The Morgan fingerprint density at radius 1 is 1.37 bits per heavy atom. The van der Waals surface area contributed by atoms with E-state index in [9.17, 15) is 4.79 Å². The first-order valence-electron chi connectivity index (χ1n) is 9.58. The lowest BCUT2D eigenvalue weighted by molar-refractivity contribution is -0.133. The molecule has 0 saturated carbocycles. The number of carbonyl (C=O) groups is 1. The summed E-state index contributed by atoms with van der Waals surface area (Å²) in [5, 5.41) is 7.59. The molecule has 0 bridgehead atoms. The van der Waals surface area contributed by atoms with E-state index in [-0.39, 0.29) is 41.8 Å². The molecule has 1 amide bonds. The zero-order valence-electron chi connectivity index (χ0n) is 16.5. The molecule has 1 unspecified atom stereocenters. The Labute approximate surface area is 185 Å². The molecule has 5 nitrogen and oxygen atoms in total. The van der Waals surface area contributed by atoms with Gasteiger partial charge in [-0.1, -0.05) is 43.6 Å². The number of aliphatic imine (C=N–C) groups is 1. The summed E-state index contributed by atoms with van der Waals surface area (Å²) in [5.74, 6) is 1.12. The lowest BCUT2D eigenvalue weighted by Gasteiger charge is -2.20.